The Morgan fingerprint density at radius 2 is 1.00 bits per heavy atom. The Bertz CT molecular complexity index is 404. The highest BCUT2D eigenvalue weighted by molar-refractivity contribution is 7.40. The average Bonchev–Trinajstić information content (AvgIpc) is 2.15. The van der Waals surface area contributed by atoms with Crippen molar-refractivity contribution < 1.29 is 39.0 Å². The Morgan fingerprint density at radius 1 is 0.824 bits per heavy atom. The van der Waals surface area contributed by atoms with E-state index in [4.69, 9.17) is 19.2 Å². The first-order valence-corrected chi connectivity index (χ1v) is 5.33. The summed E-state index contributed by atoms with van der Waals surface area (Å²) in [5.41, 5.74) is -0.111. The number of carboxylic acids is 2. The molecule has 0 saturated heterocycles. The SMILES string of the molecule is O=C([O-])c1ccc(C(=O)[O-])cc1.O=P([O-])([O-])[O-]. The van der Waals surface area contributed by atoms with Crippen molar-refractivity contribution in [3.8, 4) is 0 Å². The molecule has 0 unspecified atom stereocenters. The minimum Gasteiger partial charge on any atom is -0.822 e. The summed E-state index contributed by atoms with van der Waals surface area (Å²) in [4.78, 5) is 46.1. The smallest absolute Gasteiger partial charge is 0.0715 e. The van der Waals surface area contributed by atoms with Gasteiger partial charge in [0, 0.05) is 0 Å². The third-order valence-corrected chi connectivity index (χ3v) is 1.36. The largest absolute Gasteiger partial charge is 0.822 e. The van der Waals surface area contributed by atoms with Crippen LogP contribution < -0.4 is 24.9 Å². The van der Waals surface area contributed by atoms with Gasteiger partial charge in [0.2, 0.25) is 0 Å². The van der Waals surface area contributed by atoms with Crippen molar-refractivity contribution in [3.63, 3.8) is 0 Å². The van der Waals surface area contributed by atoms with Crippen molar-refractivity contribution in [2.45, 2.75) is 0 Å². The summed E-state index contributed by atoms with van der Waals surface area (Å²) in [7, 11) is -5.39. The Hall–Kier alpha value is -1.73. The molecule has 0 aromatic heterocycles. The molecule has 0 aliphatic heterocycles. The average molecular weight is 259 g/mol. The van der Waals surface area contributed by atoms with Crippen LogP contribution in [0, 0.1) is 0 Å². The zero-order valence-corrected chi connectivity index (χ0v) is 8.92. The van der Waals surface area contributed by atoms with E-state index in [1.54, 1.807) is 0 Å². The van der Waals surface area contributed by atoms with E-state index in [1.165, 1.54) is 0 Å². The molecule has 17 heavy (non-hydrogen) atoms. The molecule has 0 bridgehead atoms. The van der Waals surface area contributed by atoms with Crippen molar-refractivity contribution in [1.29, 1.82) is 0 Å². The fourth-order valence-corrected chi connectivity index (χ4v) is 0.742. The number of carbonyl (C=O) groups is 2. The second-order valence-corrected chi connectivity index (χ2v) is 3.49. The number of aromatic carboxylic acids is 2. The van der Waals surface area contributed by atoms with E-state index in [9.17, 15) is 19.8 Å². The van der Waals surface area contributed by atoms with Crippen LogP contribution in [0.1, 0.15) is 20.7 Å². The summed E-state index contributed by atoms with van der Waals surface area (Å²) in [5, 5.41) is 20.4. The maximum atomic E-state index is 10.2. The lowest BCUT2D eigenvalue weighted by Crippen LogP contribution is -2.24. The van der Waals surface area contributed by atoms with Gasteiger partial charge in [-0.05, 0) is 11.1 Å². The molecular weight excluding hydrogens is 255 g/mol. The third-order valence-electron chi connectivity index (χ3n) is 1.36. The lowest BCUT2D eigenvalue weighted by molar-refractivity contribution is -0.432. The van der Waals surface area contributed by atoms with Gasteiger partial charge in [-0.2, -0.15) is 7.82 Å². The zero-order chi connectivity index (χ0) is 13.6. The Kier molecular flexibility index (Phi) is 5.49. The molecule has 0 amide bonds. The second kappa shape index (κ2) is 6.12. The number of benzene rings is 1. The van der Waals surface area contributed by atoms with Crippen LogP contribution in [0.15, 0.2) is 24.3 Å². The predicted octanol–water partition coefficient (Wildman–Crippen LogP) is -4.41. The van der Waals surface area contributed by atoms with Crippen molar-refractivity contribution in [2.24, 2.45) is 0 Å². The van der Waals surface area contributed by atoms with Gasteiger partial charge < -0.3 is 39.0 Å². The molecule has 1 aromatic carbocycles. The fraction of sp³-hybridized carbons (Fsp3) is 0. The molecule has 9 heteroatoms. The van der Waals surface area contributed by atoms with Gasteiger partial charge in [-0.1, -0.05) is 24.3 Å². The molecule has 0 N–H and O–H groups in total. The van der Waals surface area contributed by atoms with Crippen LogP contribution in [0.5, 0.6) is 0 Å². The molecule has 1 aromatic rings. The molecule has 0 fully saturated rings. The topological polar surface area (TPSA) is 167 Å². The number of phosphoric acid groups is 1. The van der Waals surface area contributed by atoms with Gasteiger partial charge in [-0.3, -0.25) is 0 Å². The highest BCUT2D eigenvalue weighted by Gasteiger charge is 1.94. The Labute approximate surface area is 95.0 Å². The molecule has 0 atom stereocenters. The minimum atomic E-state index is -5.39. The van der Waals surface area contributed by atoms with Crippen molar-refractivity contribution in [3.05, 3.63) is 35.4 Å². The van der Waals surface area contributed by atoms with Crippen LogP contribution in [0.3, 0.4) is 0 Å². The summed E-state index contributed by atoms with van der Waals surface area (Å²) in [5.74, 6) is -2.67. The first kappa shape index (κ1) is 15.3. The molecule has 0 aliphatic carbocycles. The number of hydrogen-bond acceptors (Lipinski definition) is 8. The van der Waals surface area contributed by atoms with Gasteiger partial charge >= 0.3 is 0 Å². The van der Waals surface area contributed by atoms with E-state index >= 15 is 0 Å². The van der Waals surface area contributed by atoms with Gasteiger partial charge in [0.25, 0.3) is 0 Å². The molecule has 0 aliphatic rings. The highest BCUT2D eigenvalue weighted by atomic mass is 31.2. The van der Waals surface area contributed by atoms with Gasteiger partial charge in [0.15, 0.2) is 0 Å². The standard InChI is InChI=1S/C8H6O4.H3O4P/c9-7(10)5-1-2-6(4-3-5)8(11)12;1-5(2,3)4/h1-4H,(H,9,10)(H,11,12);(H3,1,2,3,4)/p-5. The molecule has 0 saturated carbocycles. The van der Waals surface area contributed by atoms with E-state index in [0.29, 0.717) is 0 Å². The summed E-state index contributed by atoms with van der Waals surface area (Å²) < 4.78 is 8.55. The Morgan fingerprint density at radius 3 is 1.12 bits per heavy atom. The maximum absolute atomic E-state index is 10.2. The van der Waals surface area contributed by atoms with Crippen molar-refractivity contribution >= 4 is 19.8 Å². The van der Waals surface area contributed by atoms with Gasteiger partial charge in [0.05, 0.1) is 11.9 Å². The van der Waals surface area contributed by atoms with Crippen molar-refractivity contribution in [1.82, 2.24) is 0 Å². The van der Waals surface area contributed by atoms with E-state index in [-0.39, 0.29) is 11.1 Å². The molecule has 0 radical (unpaired) electrons. The third kappa shape index (κ3) is 8.12. The number of hydrogen-bond donors (Lipinski definition) is 0. The van der Waals surface area contributed by atoms with Crippen LogP contribution >= 0.6 is 7.82 Å². The van der Waals surface area contributed by atoms with Gasteiger partial charge in [-0.15, -0.1) is 0 Å². The van der Waals surface area contributed by atoms with Crippen LogP contribution in [-0.4, -0.2) is 11.9 Å². The molecule has 0 spiro atoms. The van der Waals surface area contributed by atoms with Crippen LogP contribution in [0.4, 0.5) is 0 Å². The molecule has 1 rings (SSSR count). The van der Waals surface area contributed by atoms with Crippen molar-refractivity contribution in [2.75, 3.05) is 0 Å². The van der Waals surface area contributed by atoms with Crippen LogP contribution in [-0.2, 0) is 4.57 Å². The molecule has 94 valence electrons. The van der Waals surface area contributed by atoms with E-state index in [2.05, 4.69) is 0 Å². The summed E-state index contributed by atoms with van der Waals surface area (Å²) in [6.45, 7) is 0. The maximum Gasteiger partial charge on any atom is 0.0715 e. The summed E-state index contributed by atoms with van der Waals surface area (Å²) in [6.07, 6.45) is 0. The summed E-state index contributed by atoms with van der Waals surface area (Å²) >= 11 is 0. The molecule has 0 heterocycles. The zero-order valence-electron chi connectivity index (χ0n) is 8.02. The first-order valence-electron chi connectivity index (χ1n) is 3.87. The van der Waals surface area contributed by atoms with E-state index in [0.717, 1.165) is 24.3 Å². The lowest BCUT2D eigenvalue weighted by Gasteiger charge is -2.36. The Balaban J connectivity index is 0.000000437. The summed E-state index contributed by atoms with van der Waals surface area (Å²) in [6, 6.07) is 4.61. The second-order valence-electron chi connectivity index (χ2n) is 2.60. The van der Waals surface area contributed by atoms with E-state index < -0.39 is 19.8 Å². The van der Waals surface area contributed by atoms with Gasteiger partial charge in [-0.25, -0.2) is 0 Å². The molecular formula is C8H4O8P-5. The number of rotatable bonds is 2. The normalized spacial score (nSPS) is 10.1. The monoisotopic (exact) mass is 259 g/mol. The van der Waals surface area contributed by atoms with E-state index in [1.807, 2.05) is 0 Å². The highest BCUT2D eigenvalue weighted by Crippen LogP contribution is 2.03. The minimum absolute atomic E-state index is 0.0556. The van der Waals surface area contributed by atoms with Crippen LogP contribution in [0.2, 0.25) is 0 Å². The fourth-order valence-electron chi connectivity index (χ4n) is 0.742. The predicted molar refractivity (Wildman–Crippen MR) is 42.7 cm³/mol. The number of carbonyl (C=O) groups excluding carboxylic acids is 2. The quantitative estimate of drug-likeness (QED) is 0.479. The van der Waals surface area contributed by atoms with Crippen LogP contribution in [0.25, 0.3) is 0 Å². The van der Waals surface area contributed by atoms with Gasteiger partial charge in [0.1, 0.15) is 0 Å². The lowest BCUT2D eigenvalue weighted by atomic mass is 10.1. The first-order chi connectivity index (χ1) is 7.61. The number of carboxylic acid groups (broad SMARTS) is 2. The molecule has 8 nitrogen and oxygen atoms in total.